The van der Waals surface area contributed by atoms with E-state index in [0.717, 1.165) is 13.0 Å². The summed E-state index contributed by atoms with van der Waals surface area (Å²) in [6.07, 6.45) is 0.880. The first-order chi connectivity index (χ1) is 15.3. The summed E-state index contributed by atoms with van der Waals surface area (Å²) in [7, 11) is 0. The van der Waals surface area contributed by atoms with Gasteiger partial charge < -0.3 is 14.3 Å². The van der Waals surface area contributed by atoms with E-state index >= 15 is 0 Å². The van der Waals surface area contributed by atoms with Crippen LogP contribution < -0.4 is 4.90 Å². The molecular weight excluding hydrogens is 416 g/mol. The first-order valence-electron chi connectivity index (χ1n) is 10.6. The maximum atomic E-state index is 14.7. The lowest BCUT2D eigenvalue weighted by molar-refractivity contribution is 0.00769. The number of benzene rings is 1. The maximum absolute atomic E-state index is 14.7. The highest BCUT2D eigenvalue weighted by molar-refractivity contribution is 6.01. The summed E-state index contributed by atoms with van der Waals surface area (Å²) in [6.45, 7) is 6.90. The van der Waals surface area contributed by atoms with Crippen LogP contribution in [0, 0.1) is 38.3 Å². The monoisotopic (exact) mass is 439 g/mol. The van der Waals surface area contributed by atoms with Crippen molar-refractivity contribution in [2.75, 3.05) is 24.5 Å². The lowest BCUT2D eigenvalue weighted by Crippen LogP contribution is -2.66. The molecule has 2 aliphatic rings. The average molecular weight is 439 g/mol. The van der Waals surface area contributed by atoms with E-state index in [-0.39, 0.29) is 28.8 Å². The predicted molar refractivity (Wildman–Crippen MR) is 113 cm³/mol. The van der Waals surface area contributed by atoms with Crippen LogP contribution in [0.3, 0.4) is 0 Å². The van der Waals surface area contributed by atoms with Crippen molar-refractivity contribution in [3.05, 3.63) is 58.5 Å². The van der Waals surface area contributed by atoms with Crippen LogP contribution in [-0.4, -0.2) is 51.6 Å². The number of hydrogen-bond acceptors (Lipinski definition) is 6. The Morgan fingerprint density at radius 3 is 2.56 bits per heavy atom. The van der Waals surface area contributed by atoms with Gasteiger partial charge in [-0.25, -0.2) is 18.7 Å². The fraction of sp³-hybridized carbons (Fsp3) is 0.391. The summed E-state index contributed by atoms with van der Waals surface area (Å²) < 4.78 is 33.9. The van der Waals surface area contributed by atoms with Crippen LogP contribution in [-0.2, 0) is 0 Å². The Morgan fingerprint density at radius 2 is 1.88 bits per heavy atom. The zero-order chi connectivity index (χ0) is 22.6. The molecule has 0 bridgehead atoms. The standard InChI is InChI=1S/C23H23F2N5O2/c1-12-9-19(32-28-12)20-16(5-4-6-17(20)24)22(31)30-10-15-7-8-29(11-18(15)30)23-26-13(2)21(25)14(3)27-23/h4-6,9,15,18H,7-8,10-11H2,1-3H3. The number of fused-ring (bicyclic) bond motifs is 1. The molecule has 2 fully saturated rings. The zero-order valence-electron chi connectivity index (χ0n) is 18.1. The minimum absolute atomic E-state index is 0.0434. The molecule has 166 valence electrons. The van der Waals surface area contributed by atoms with Crippen molar-refractivity contribution in [2.24, 2.45) is 5.92 Å². The van der Waals surface area contributed by atoms with Crippen molar-refractivity contribution in [3.8, 4) is 11.3 Å². The van der Waals surface area contributed by atoms with Crippen molar-refractivity contribution < 1.29 is 18.1 Å². The molecule has 1 aromatic carbocycles. The van der Waals surface area contributed by atoms with Gasteiger partial charge in [0.05, 0.1) is 34.3 Å². The van der Waals surface area contributed by atoms with Gasteiger partial charge in [-0.1, -0.05) is 11.2 Å². The van der Waals surface area contributed by atoms with Gasteiger partial charge in [-0.2, -0.15) is 0 Å². The number of rotatable bonds is 3. The van der Waals surface area contributed by atoms with Crippen LogP contribution in [0.4, 0.5) is 14.7 Å². The number of aromatic nitrogens is 3. The predicted octanol–water partition coefficient (Wildman–Crippen LogP) is 3.69. The van der Waals surface area contributed by atoms with Crippen LogP contribution in [0.15, 0.2) is 28.8 Å². The van der Waals surface area contributed by atoms with Crippen molar-refractivity contribution in [2.45, 2.75) is 33.2 Å². The van der Waals surface area contributed by atoms with Gasteiger partial charge in [-0.3, -0.25) is 4.79 Å². The van der Waals surface area contributed by atoms with Crippen molar-refractivity contribution in [1.29, 1.82) is 0 Å². The van der Waals surface area contributed by atoms with E-state index in [2.05, 4.69) is 15.1 Å². The molecule has 2 aliphatic heterocycles. The summed E-state index contributed by atoms with van der Waals surface area (Å²) in [5.41, 5.74) is 1.60. The molecule has 2 saturated heterocycles. The Hall–Kier alpha value is -3.36. The van der Waals surface area contributed by atoms with E-state index in [4.69, 9.17) is 4.52 Å². The van der Waals surface area contributed by atoms with Crippen LogP contribution in [0.5, 0.6) is 0 Å². The normalized spacial score (nSPS) is 20.2. The van der Waals surface area contributed by atoms with E-state index in [1.807, 2.05) is 4.90 Å². The molecule has 2 unspecified atom stereocenters. The molecule has 2 atom stereocenters. The molecule has 2 aromatic heterocycles. The van der Waals surface area contributed by atoms with Gasteiger partial charge >= 0.3 is 0 Å². The van der Waals surface area contributed by atoms with Gasteiger partial charge in [0, 0.05) is 31.6 Å². The molecule has 0 spiro atoms. The van der Waals surface area contributed by atoms with Crippen molar-refractivity contribution in [1.82, 2.24) is 20.0 Å². The van der Waals surface area contributed by atoms with E-state index in [1.165, 1.54) is 12.1 Å². The van der Waals surface area contributed by atoms with E-state index in [1.54, 1.807) is 37.8 Å². The second-order valence-corrected chi connectivity index (χ2v) is 8.52. The van der Waals surface area contributed by atoms with Gasteiger partial charge in [0.2, 0.25) is 5.95 Å². The number of nitrogens with zero attached hydrogens (tertiary/aromatic N) is 5. The van der Waals surface area contributed by atoms with Gasteiger partial charge in [-0.05, 0) is 39.3 Å². The number of hydrogen-bond donors (Lipinski definition) is 0. The Kier molecular flexibility index (Phi) is 4.91. The molecule has 9 heteroatoms. The van der Waals surface area contributed by atoms with Crippen LogP contribution >= 0.6 is 0 Å². The third kappa shape index (κ3) is 3.32. The topological polar surface area (TPSA) is 75.4 Å². The molecule has 0 saturated carbocycles. The molecule has 0 radical (unpaired) electrons. The first-order valence-corrected chi connectivity index (χ1v) is 10.6. The summed E-state index contributed by atoms with van der Waals surface area (Å²) >= 11 is 0. The Morgan fingerprint density at radius 1 is 1.12 bits per heavy atom. The van der Waals surface area contributed by atoms with Gasteiger partial charge in [-0.15, -0.1) is 0 Å². The number of piperidine rings is 1. The van der Waals surface area contributed by atoms with Gasteiger partial charge in [0.15, 0.2) is 11.6 Å². The molecule has 32 heavy (non-hydrogen) atoms. The zero-order valence-corrected chi connectivity index (χ0v) is 18.1. The molecule has 5 rings (SSSR count). The number of carbonyl (C=O) groups is 1. The van der Waals surface area contributed by atoms with E-state index < -0.39 is 11.6 Å². The molecular formula is C23H23F2N5O2. The molecule has 1 amide bonds. The number of amides is 1. The number of anilines is 1. The second kappa shape index (κ2) is 7.65. The van der Waals surface area contributed by atoms with Crippen LogP contribution in [0.2, 0.25) is 0 Å². The fourth-order valence-corrected chi connectivity index (χ4v) is 4.63. The SMILES string of the molecule is Cc1cc(-c2c(F)cccc2C(=O)N2CC3CCN(c4nc(C)c(F)c(C)n4)CC32)on1. The number of carbonyl (C=O) groups excluding carboxylic acids is 1. The van der Waals surface area contributed by atoms with Crippen LogP contribution in [0.1, 0.15) is 33.9 Å². The largest absolute Gasteiger partial charge is 0.356 e. The molecule has 7 nitrogen and oxygen atoms in total. The lowest BCUT2D eigenvalue weighted by atomic mass is 9.81. The number of likely N-dealkylation sites (tertiary alicyclic amines) is 1. The summed E-state index contributed by atoms with van der Waals surface area (Å²) in [6, 6.07) is 6.02. The Bertz CT molecular complexity index is 1190. The highest BCUT2D eigenvalue weighted by Crippen LogP contribution is 2.37. The van der Waals surface area contributed by atoms with E-state index in [9.17, 15) is 13.6 Å². The van der Waals surface area contributed by atoms with E-state index in [0.29, 0.717) is 42.0 Å². The Balaban J connectivity index is 1.41. The third-order valence-corrected chi connectivity index (χ3v) is 6.39. The maximum Gasteiger partial charge on any atom is 0.255 e. The molecule has 3 aromatic rings. The van der Waals surface area contributed by atoms with Crippen LogP contribution in [0.25, 0.3) is 11.3 Å². The minimum atomic E-state index is -0.528. The fourth-order valence-electron chi connectivity index (χ4n) is 4.63. The van der Waals surface area contributed by atoms with Crippen molar-refractivity contribution in [3.63, 3.8) is 0 Å². The lowest BCUT2D eigenvalue weighted by Gasteiger charge is -2.53. The van der Waals surface area contributed by atoms with Crippen molar-refractivity contribution >= 4 is 11.9 Å². The Labute approximate surface area is 184 Å². The second-order valence-electron chi connectivity index (χ2n) is 8.52. The third-order valence-electron chi connectivity index (χ3n) is 6.39. The number of halogens is 2. The summed E-state index contributed by atoms with van der Waals surface area (Å²) in [4.78, 5) is 25.8. The smallest absolute Gasteiger partial charge is 0.255 e. The highest BCUT2D eigenvalue weighted by atomic mass is 19.1. The summed E-state index contributed by atoms with van der Waals surface area (Å²) in [5, 5.41) is 3.83. The molecule has 0 aliphatic carbocycles. The highest BCUT2D eigenvalue weighted by Gasteiger charge is 2.46. The molecule has 0 N–H and O–H groups in total. The van der Waals surface area contributed by atoms with Gasteiger partial charge in [0.25, 0.3) is 5.91 Å². The quantitative estimate of drug-likeness (QED) is 0.620. The van der Waals surface area contributed by atoms with Gasteiger partial charge in [0.1, 0.15) is 5.82 Å². The number of aryl methyl sites for hydroxylation is 3. The molecule has 4 heterocycles. The average Bonchev–Trinajstić information content (AvgIpc) is 3.18. The minimum Gasteiger partial charge on any atom is -0.356 e. The summed E-state index contributed by atoms with van der Waals surface area (Å²) in [5.74, 6) is -0.100. The first kappa shape index (κ1) is 20.5.